The van der Waals surface area contributed by atoms with Crippen LogP contribution in [-0.2, 0) is 0 Å². The first-order valence-electron chi connectivity index (χ1n) is 5.05. The van der Waals surface area contributed by atoms with E-state index in [1.807, 2.05) is 0 Å². The fourth-order valence-corrected chi connectivity index (χ4v) is 3.07. The molecule has 2 rings (SSSR count). The van der Waals surface area contributed by atoms with Gasteiger partial charge in [-0.2, -0.15) is 0 Å². The highest BCUT2D eigenvalue weighted by atomic mass is 32.1. The fraction of sp³-hybridized carbons (Fsp3) is 0.700. The molecule has 0 aliphatic heterocycles. The summed E-state index contributed by atoms with van der Waals surface area (Å²) in [7, 11) is 0. The average molecular weight is 212 g/mol. The minimum atomic E-state index is -0.414. The second-order valence-corrected chi connectivity index (χ2v) is 5.00. The van der Waals surface area contributed by atoms with E-state index in [9.17, 15) is 5.11 Å². The van der Waals surface area contributed by atoms with Gasteiger partial charge in [-0.25, -0.2) is 0 Å². The van der Waals surface area contributed by atoms with E-state index in [0.29, 0.717) is 6.54 Å². The van der Waals surface area contributed by atoms with Crippen molar-refractivity contribution in [2.24, 2.45) is 11.1 Å². The van der Waals surface area contributed by atoms with Crippen LogP contribution in [0.15, 0.2) is 11.7 Å². The molecular weight excluding hydrogens is 196 g/mol. The summed E-state index contributed by atoms with van der Waals surface area (Å²) in [6, 6.07) is 0. The van der Waals surface area contributed by atoms with Gasteiger partial charge in [-0.15, -0.1) is 11.3 Å². The van der Waals surface area contributed by atoms with E-state index in [0.717, 1.165) is 17.7 Å². The summed E-state index contributed by atoms with van der Waals surface area (Å²) in [4.78, 5) is 4.95. The Morgan fingerprint density at radius 3 is 2.79 bits per heavy atom. The number of nitrogens with two attached hydrogens (primary N) is 1. The van der Waals surface area contributed by atoms with E-state index in [1.165, 1.54) is 24.2 Å². The molecule has 78 valence electrons. The molecule has 3 nitrogen and oxygen atoms in total. The van der Waals surface area contributed by atoms with Gasteiger partial charge in [-0.05, 0) is 12.8 Å². The lowest BCUT2D eigenvalue weighted by atomic mass is 9.80. The zero-order valence-electron chi connectivity index (χ0n) is 8.15. The first-order chi connectivity index (χ1) is 6.78. The number of aliphatic hydroxyl groups excluding tert-OH is 1. The second-order valence-electron chi connectivity index (χ2n) is 4.08. The molecule has 14 heavy (non-hydrogen) atoms. The molecule has 0 amide bonds. The third kappa shape index (κ3) is 1.58. The molecule has 0 bridgehead atoms. The standard InChI is InChI=1S/C10H16N2OS/c11-6-10(3-1-2-4-10)9(13)8-5-12-7-14-8/h5,7,9,13H,1-4,6,11H2. The van der Waals surface area contributed by atoms with Gasteiger partial charge in [0.15, 0.2) is 0 Å². The number of hydrogen-bond acceptors (Lipinski definition) is 4. The number of aromatic nitrogens is 1. The van der Waals surface area contributed by atoms with Crippen LogP contribution in [0.2, 0.25) is 0 Å². The topological polar surface area (TPSA) is 59.1 Å². The Morgan fingerprint density at radius 1 is 1.57 bits per heavy atom. The van der Waals surface area contributed by atoms with Gasteiger partial charge in [0.05, 0.1) is 16.5 Å². The van der Waals surface area contributed by atoms with E-state index >= 15 is 0 Å². The van der Waals surface area contributed by atoms with Crippen LogP contribution in [0.25, 0.3) is 0 Å². The maximum atomic E-state index is 10.3. The molecule has 1 aromatic rings. The molecule has 1 aliphatic carbocycles. The Bertz CT molecular complexity index is 280. The van der Waals surface area contributed by atoms with Crippen LogP contribution in [0.5, 0.6) is 0 Å². The summed E-state index contributed by atoms with van der Waals surface area (Å²) in [5, 5.41) is 10.3. The van der Waals surface area contributed by atoms with Crippen molar-refractivity contribution in [1.82, 2.24) is 4.98 Å². The predicted molar refractivity (Wildman–Crippen MR) is 57.0 cm³/mol. The van der Waals surface area contributed by atoms with Crippen LogP contribution in [0.3, 0.4) is 0 Å². The van der Waals surface area contributed by atoms with Crippen LogP contribution in [0, 0.1) is 5.41 Å². The van der Waals surface area contributed by atoms with Gasteiger partial charge in [-0.3, -0.25) is 4.98 Å². The van der Waals surface area contributed by atoms with E-state index < -0.39 is 6.10 Å². The maximum Gasteiger partial charge on any atom is 0.0966 e. The highest BCUT2D eigenvalue weighted by Crippen LogP contribution is 2.47. The molecule has 1 heterocycles. The minimum Gasteiger partial charge on any atom is -0.387 e. The highest BCUT2D eigenvalue weighted by molar-refractivity contribution is 7.09. The van der Waals surface area contributed by atoms with Crippen LogP contribution in [0.4, 0.5) is 0 Å². The Morgan fingerprint density at radius 2 is 2.29 bits per heavy atom. The molecule has 0 spiro atoms. The molecule has 0 radical (unpaired) electrons. The van der Waals surface area contributed by atoms with Crippen LogP contribution in [-0.4, -0.2) is 16.6 Å². The zero-order chi connectivity index (χ0) is 10.0. The maximum absolute atomic E-state index is 10.3. The third-order valence-corrected chi connectivity index (χ3v) is 4.13. The molecule has 1 aliphatic rings. The fourth-order valence-electron chi connectivity index (χ4n) is 2.33. The van der Waals surface area contributed by atoms with Crippen LogP contribution in [0.1, 0.15) is 36.7 Å². The predicted octanol–water partition coefficient (Wildman–Crippen LogP) is 1.70. The molecular formula is C10H16N2OS. The van der Waals surface area contributed by atoms with Gasteiger partial charge in [0, 0.05) is 18.2 Å². The summed E-state index contributed by atoms with van der Waals surface area (Å²) in [5.41, 5.74) is 7.48. The first kappa shape index (κ1) is 10.1. The minimum absolute atomic E-state index is 0.0769. The molecule has 0 aromatic carbocycles. The van der Waals surface area contributed by atoms with E-state index in [-0.39, 0.29) is 5.41 Å². The molecule has 1 aromatic heterocycles. The molecule has 0 saturated heterocycles. The van der Waals surface area contributed by atoms with E-state index in [4.69, 9.17) is 5.73 Å². The molecule has 1 unspecified atom stereocenters. The van der Waals surface area contributed by atoms with Crippen LogP contribution >= 0.6 is 11.3 Å². The van der Waals surface area contributed by atoms with Crippen molar-refractivity contribution >= 4 is 11.3 Å². The largest absolute Gasteiger partial charge is 0.387 e. The average Bonchev–Trinajstić information content (AvgIpc) is 2.89. The zero-order valence-corrected chi connectivity index (χ0v) is 8.96. The number of nitrogens with zero attached hydrogens (tertiary/aromatic N) is 1. The smallest absolute Gasteiger partial charge is 0.0966 e. The Balaban J connectivity index is 2.19. The lowest BCUT2D eigenvalue weighted by Crippen LogP contribution is -2.33. The van der Waals surface area contributed by atoms with Crippen molar-refractivity contribution in [3.8, 4) is 0 Å². The summed E-state index contributed by atoms with van der Waals surface area (Å²) < 4.78 is 0. The summed E-state index contributed by atoms with van der Waals surface area (Å²) in [6.45, 7) is 0.575. The van der Waals surface area contributed by atoms with E-state index in [2.05, 4.69) is 4.98 Å². The molecule has 1 fully saturated rings. The van der Waals surface area contributed by atoms with Crippen molar-refractivity contribution in [1.29, 1.82) is 0 Å². The molecule has 4 heteroatoms. The third-order valence-electron chi connectivity index (χ3n) is 3.31. The van der Waals surface area contributed by atoms with Crippen molar-refractivity contribution in [2.75, 3.05) is 6.54 Å². The van der Waals surface area contributed by atoms with Gasteiger partial charge >= 0.3 is 0 Å². The SMILES string of the molecule is NCC1(C(O)c2cncs2)CCCC1. The lowest BCUT2D eigenvalue weighted by Gasteiger charge is -2.31. The van der Waals surface area contributed by atoms with Crippen molar-refractivity contribution in [3.63, 3.8) is 0 Å². The van der Waals surface area contributed by atoms with Gasteiger partial charge < -0.3 is 10.8 Å². The summed E-state index contributed by atoms with van der Waals surface area (Å²) >= 11 is 1.52. The van der Waals surface area contributed by atoms with Gasteiger partial charge in [0.25, 0.3) is 0 Å². The van der Waals surface area contributed by atoms with Crippen molar-refractivity contribution in [3.05, 3.63) is 16.6 Å². The number of aliphatic hydroxyl groups is 1. The van der Waals surface area contributed by atoms with Gasteiger partial charge in [-0.1, -0.05) is 12.8 Å². The van der Waals surface area contributed by atoms with Crippen molar-refractivity contribution < 1.29 is 5.11 Å². The quantitative estimate of drug-likeness (QED) is 0.801. The Labute approximate surface area is 88.0 Å². The van der Waals surface area contributed by atoms with Gasteiger partial charge in [0.1, 0.15) is 0 Å². The highest BCUT2D eigenvalue weighted by Gasteiger charge is 2.40. The Hall–Kier alpha value is -0.450. The molecule has 1 saturated carbocycles. The van der Waals surface area contributed by atoms with Gasteiger partial charge in [0.2, 0.25) is 0 Å². The molecule has 1 atom stereocenters. The number of hydrogen-bond donors (Lipinski definition) is 2. The van der Waals surface area contributed by atoms with E-state index in [1.54, 1.807) is 11.7 Å². The second kappa shape index (κ2) is 3.96. The van der Waals surface area contributed by atoms with Crippen molar-refractivity contribution in [2.45, 2.75) is 31.8 Å². The monoisotopic (exact) mass is 212 g/mol. The summed E-state index contributed by atoms with van der Waals surface area (Å²) in [6.07, 6.45) is 5.80. The van der Waals surface area contributed by atoms with Crippen LogP contribution < -0.4 is 5.73 Å². The lowest BCUT2D eigenvalue weighted by molar-refractivity contribution is 0.0360. The Kier molecular flexibility index (Phi) is 2.85. The number of thiazole rings is 1. The first-order valence-corrected chi connectivity index (χ1v) is 5.93. The summed E-state index contributed by atoms with van der Waals surface area (Å²) in [5.74, 6) is 0. The molecule has 3 N–H and O–H groups in total. The number of rotatable bonds is 3. The normalized spacial score (nSPS) is 22.4.